The predicted octanol–water partition coefficient (Wildman–Crippen LogP) is 5.93. The second-order valence-electron chi connectivity index (χ2n) is 7.89. The van der Waals surface area contributed by atoms with Crippen LogP contribution < -0.4 is 5.32 Å². The average molecular weight is 438 g/mol. The van der Waals surface area contributed by atoms with Crippen LogP contribution in [-0.4, -0.2) is 20.7 Å². The molecule has 32 heavy (non-hydrogen) atoms. The Morgan fingerprint density at radius 1 is 0.938 bits per heavy atom. The summed E-state index contributed by atoms with van der Waals surface area (Å²) in [7, 11) is 0. The third kappa shape index (κ3) is 4.08. The molecule has 4 rings (SSSR count). The van der Waals surface area contributed by atoms with Crippen molar-refractivity contribution in [3.05, 3.63) is 82.0 Å². The summed E-state index contributed by atoms with van der Waals surface area (Å²) in [4.78, 5) is 17.4. The zero-order valence-corrected chi connectivity index (χ0v) is 18.0. The van der Waals surface area contributed by atoms with Crippen LogP contribution in [0.1, 0.15) is 38.3 Å². The quantitative estimate of drug-likeness (QED) is 0.432. The van der Waals surface area contributed by atoms with Gasteiger partial charge in [-0.25, -0.2) is 4.98 Å². The highest BCUT2D eigenvalue weighted by molar-refractivity contribution is 6.04. The van der Waals surface area contributed by atoms with Crippen LogP contribution in [0.15, 0.2) is 48.5 Å². The molecule has 8 heteroatoms. The lowest BCUT2D eigenvalue weighted by Crippen LogP contribution is -2.16. The van der Waals surface area contributed by atoms with Gasteiger partial charge in [0, 0.05) is 17.0 Å². The third-order valence-electron chi connectivity index (χ3n) is 5.21. The summed E-state index contributed by atoms with van der Waals surface area (Å²) in [5.41, 5.74) is 4.00. The number of carbonyl (C=O) groups is 1. The fourth-order valence-corrected chi connectivity index (χ4v) is 3.70. The summed E-state index contributed by atoms with van der Waals surface area (Å²) < 4.78 is 39.9. The van der Waals surface area contributed by atoms with Crippen LogP contribution in [0.5, 0.6) is 0 Å². The van der Waals surface area contributed by atoms with Crippen LogP contribution in [0.25, 0.3) is 16.7 Å². The van der Waals surface area contributed by atoms with E-state index in [0.717, 1.165) is 51.9 Å². The van der Waals surface area contributed by atoms with Crippen molar-refractivity contribution in [2.75, 3.05) is 5.32 Å². The number of carbonyl (C=O) groups excluding carboxylic acids is 1. The molecule has 2 aromatic heterocycles. The minimum atomic E-state index is -4.46. The zero-order valence-electron chi connectivity index (χ0n) is 18.0. The Morgan fingerprint density at radius 3 is 2.28 bits per heavy atom. The summed E-state index contributed by atoms with van der Waals surface area (Å²) in [5.74, 6) is 0.380. The molecular weight excluding hydrogens is 417 g/mol. The molecule has 1 N–H and O–H groups in total. The molecule has 0 unspecified atom stereocenters. The van der Waals surface area contributed by atoms with Gasteiger partial charge in [-0.3, -0.25) is 4.79 Å². The zero-order chi connectivity index (χ0) is 23.2. The summed E-state index contributed by atoms with van der Waals surface area (Å²) in [6.07, 6.45) is -4.46. The van der Waals surface area contributed by atoms with Crippen LogP contribution in [0.4, 0.5) is 19.0 Å². The highest BCUT2D eigenvalue weighted by Crippen LogP contribution is 2.29. The molecule has 4 aromatic rings. The minimum absolute atomic E-state index is 0.109. The van der Waals surface area contributed by atoms with Gasteiger partial charge >= 0.3 is 6.18 Å². The average Bonchev–Trinajstić information content (AvgIpc) is 3.08. The number of halogens is 3. The van der Waals surface area contributed by atoms with Gasteiger partial charge < -0.3 is 5.32 Å². The van der Waals surface area contributed by atoms with Crippen LogP contribution in [0.3, 0.4) is 0 Å². The van der Waals surface area contributed by atoms with Crippen molar-refractivity contribution in [2.24, 2.45) is 0 Å². The van der Waals surface area contributed by atoms with Crippen molar-refractivity contribution in [3.63, 3.8) is 0 Å². The number of hydrogen-bond donors (Lipinski definition) is 1. The Morgan fingerprint density at radius 2 is 1.62 bits per heavy atom. The Bertz CT molecular complexity index is 1340. The molecular formula is C24H21F3N4O. The number of nitrogens with zero attached hydrogens (tertiary/aromatic N) is 3. The molecule has 2 heterocycles. The number of pyridine rings is 1. The molecule has 0 bridgehead atoms. The van der Waals surface area contributed by atoms with Crippen molar-refractivity contribution in [3.8, 4) is 5.82 Å². The molecule has 2 aromatic carbocycles. The topological polar surface area (TPSA) is 59.8 Å². The number of aryl methyl sites for hydroxylation is 4. The van der Waals surface area contributed by atoms with Gasteiger partial charge in [0.25, 0.3) is 5.91 Å². The minimum Gasteiger partial charge on any atom is -0.306 e. The molecule has 164 valence electrons. The molecule has 0 saturated carbocycles. The lowest BCUT2D eigenvalue weighted by molar-refractivity contribution is -0.137. The van der Waals surface area contributed by atoms with Gasteiger partial charge in [0.15, 0.2) is 5.82 Å². The molecule has 0 fully saturated rings. The molecule has 0 spiro atoms. The molecule has 0 aliphatic carbocycles. The van der Waals surface area contributed by atoms with E-state index >= 15 is 0 Å². The van der Waals surface area contributed by atoms with Gasteiger partial charge in [-0.1, -0.05) is 11.6 Å². The summed E-state index contributed by atoms with van der Waals surface area (Å²) >= 11 is 0. The number of hydrogen-bond acceptors (Lipinski definition) is 3. The fraction of sp³-hybridized carbons (Fsp3) is 0.208. The van der Waals surface area contributed by atoms with Crippen LogP contribution >= 0.6 is 0 Å². The van der Waals surface area contributed by atoms with Gasteiger partial charge in [0.2, 0.25) is 0 Å². The molecule has 0 radical (unpaired) electrons. The molecule has 0 atom stereocenters. The molecule has 5 nitrogen and oxygen atoms in total. The van der Waals surface area contributed by atoms with Gasteiger partial charge in [-0.15, -0.1) is 0 Å². The van der Waals surface area contributed by atoms with E-state index in [2.05, 4.69) is 22.5 Å². The largest absolute Gasteiger partial charge is 0.416 e. The van der Waals surface area contributed by atoms with E-state index < -0.39 is 17.6 Å². The van der Waals surface area contributed by atoms with Crippen molar-refractivity contribution < 1.29 is 18.0 Å². The van der Waals surface area contributed by atoms with Crippen molar-refractivity contribution in [1.82, 2.24) is 14.8 Å². The number of benzene rings is 2. The van der Waals surface area contributed by atoms with E-state index in [1.54, 1.807) is 13.0 Å². The number of rotatable bonds is 3. The Kier molecular flexibility index (Phi) is 5.24. The lowest BCUT2D eigenvalue weighted by atomic mass is 10.0. The Balaban J connectivity index is 1.70. The maximum atomic E-state index is 12.8. The van der Waals surface area contributed by atoms with E-state index in [4.69, 9.17) is 4.98 Å². The van der Waals surface area contributed by atoms with E-state index in [-0.39, 0.29) is 5.56 Å². The van der Waals surface area contributed by atoms with E-state index in [9.17, 15) is 18.0 Å². The lowest BCUT2D eigenvalue weighted by Gasteiger charge is -2.13. The molecule has 0 aliphatic rings. The van der Waals surface area contributed by atoms with E-state index in [1.807, 2.05) is 26.8 Å². The normalized spacial score (nSPS) is 11.7. The van der Waals surface area contributed by atoms with E-state index in [1.165, 1.54) is 4.68 Å². The Labute approximate surface area is 182 Å². The fourth-order valence-electron chi connectivity index (χ4n) is 3.70. The van der Waals surface area contributed by atoms with Gasteiger partial charge in [0.05, 0.1) is 16.8 Å². The SMILES string of the molecule is Cc1cc(C)c2nc(-n3nc(C)cc3NC(=O)c3ccc(C(F)(F)F)cc3)cc(C)c2c1. The second kappa shape index (κ2) is 7.78. The number of aromatic nitrogens is 3. The van der Waals surface area contributed by atoms with Crippen molar-refractivity contribution >= 4 is 22.6 Å². The maximum absolute atomic E-state index is 12.8. The molecule has 0 saturated heterocycles. The molecule has 1 amide bonds. The summed E-state index contributed by atoms with van der Waals surface area (Å²) in [6.45, 7) is 7.80. The highest BCUT2D eigenvalue weighted by Gasteiger charge is 2.30. The number of alkyl halides is 3. The third-order valence-corrected chi connectivity index (χ3v) is 5.21. The highest BCUT2D eigenvalue weighted by atomic mass is 19.4. The van der Waals surface area contributed by atoms with Gasteiger partial charge in [-0.05, 0) is 75.2 Å². The first-order valence-electron chi connectivity index (χ1n) is 9.97. The Hall–Kier alpha value is -3.68. The van der Waals surface area contributed by atoms with Crippen molar-refractivity contribution in [1.29, 1.82) is 0 Å². The predicted molar refractivity (Wildman–Crippen MR) is 117 cm³/mol. The number of nitrogens with one attached hydrogen (secondary N) is 1. The maximum Gasteiger partial charge on any atom is 0.416 e. The van der Waals surface area contributed by atoms with Crippen LogP contribution in [0.2, 0.25) is 0 Å². The second-order valence-corrected chi connectivity index (χ2v) is 7.89. The first kappa shape index (κ1) is 21.5. The first-order chi connectivity index (χ1) is 15.0. The summed E-state index contributed by atoms with van der Waals surface area (Å²) in [5, 5.41) is 8.24. The summed E-state index contributed by atoms with van der Waals surface area (Å²) in [6, 6.07) is 11.8. The van der Waals surface area contributed by atoms with Crippen LogP contribution in [-0.2, 0) is 6.18 Å². The van der Waals surface area contributed by atoms with Crippen molar-refractivity contribution in [2.45, 2.75) is 33.9 Å². The van der Waals surface area contributed by atoms with E-state index in [0.29, 0.717) is 17.3 Å². The van der Waals surface area contributed by atoms with Gasteiger partial charge in [-0.2, -0.15) is 23.0 Å². The number of amides is 1. The first-order valence-corrected chi connectivity index (χ1v) is 9.97. The van der Waals surface area contributed by atoms with Crippen LogP contribution in [0, 0.1) is 27.7 Å². The molecule has 0 aliphatic heterocycles. The smallest absolute Gasteiger partial charge is 0.306 e. The van der Waals surface area contributed by atoms with Gasteiger partial charge in [0.1, 0.15) is 5.82 Å². The number of fused-ring (bicyclic) bond motifs is 1. The monoisotopic (exact) mass is 438 g/mol. The standard InChI is InChI=1S/C24H21F3N4O/c1-13-9-15(3)22-19(10-13)14(2)11-20(28-22)31-21(12-16(4)30-31)29-23(32)17-5-7-18(8-6-17)24(25,26)27/h5-12H,1-4H3,(H,29,32). The number of anilines is 1.